The van der Waals surface area contributed by atoms with Crippen molar-refractivity contribution in [3.05, 3.63) is 88.4 Å². The molecule has 6 heteroatoms. The Morgan fingerprint density at radius 2 is 1.90 bits per heavy atom. The molecule has 4 rings (SSSR count). The number of hydrogen-bond donors (Lipinski definition) is 2. The van der Waals surface area contributed by atoms with Crippen LogP contribution in [0.3, 0.4) is 0 Å². The van der Waals surface area contributed by atoms with Gasteiger partial charge in [-0.15, -0.1) is 0 Å². The van der Waals surface area contributed by atoms with E-state index in [1.54, 1.807) is 31.7 Å². The van der Waals surface area contributed by atoms with Crippen molar-refractivity contribution in [2.45, 2.75) is 84.6 Å². The standard InChI is InChI=1S/C26H27NO3S.C5H11N.C4H10/c1-5-19(15-20(6-2)31-25-10-8-7-9-21(25)17(3)27)16-30-24-12-11-22(18(4)28)26-23(24)13-14-29-26;1-5-3-2-4-6-5;1-3-4-2/h5-12,15,27H,2,13-14,16H2,1,3-4H3;5-6H,2-4H2,1H3;3-4H2,1-2H3/b19-5+,20-15+,27-17?;;/t;5-;/m.0./s1. The lowest BCUT2D eigenvalue weighted by atomic mass is 10.0. The van der Waals surface area contributed by atoms with Crippen LogP contribution in [0, 0.1) is 5.41 Å². The number of rotatable bonds is 10. The Balaban J connectivity index is 0.000000497. The summed E-state index contributed by atoms with van der Waals surface area (Å²) in [7, 11) is 0. The van der Waals surface area contributed by atoms with Crippen LogP contribution in [-0.4, -0.2) is 37.3 Å². The minimum atomic E-state index is -0.00475. The van der Waals surface area contributed by atoms with Crippen LogP contribution in [-0.2, 0) is 6.42 Å². The van der Waals surface area contributed by atoms with Crippen LogP contribution in [0.1, 0.15) is 88.7 Å². The molecule has 1 atom stereocenters. The largest absolute Gasteiger partial charge is 0.492 e. The Morgan fingerprint density at radius 3 is 2.44 bits per heavy atom. The summed E-state index contributed by atoms with van der Waals surface area (Å²) in [6.07, 6.45) is 12.0. The number of Topliss-reactive ketones (excluding diaryl/α,β-unsaturated/α-hetero) is 1. The number of thioether (sulfide) groups is 1. The summed E-state index contributed by atoms with van der Waals surface area (Å²) in [5.74, 6) is 1.40. The highest BCUT2D eigenvalue weighted by Gasteiger charge is 2.23. The number of ether oxygens (including phenoxy) is 2. The average molecular weight is 577 g/mol. The minimum Gasteiger partial charge on any atom is -0.492 e. The van der Waals surface area contributed by atoms with Crippen molar-refractivity contribution < 1.29 is 14.3 Å². The summed E-state index contributed by atoms with van der Waals surface area (Å²) in [5, 5.41) is 11.3. The van der Waals surface area contributed by atoms with Gasteiger partial charge >= 0.3 is 0 Å². The molecule has 1 saturated heterocycles. The second kappa shape index (κ2) is 18.4. The molecule has 0 spiro atoms. The predicted molar refractivity (Wildman–Crippen MR) is 175 cm³/mol. The topological polar surface area (TPSA) is 71.4 Å². The minimum absolute atomic E-state index is 0.00475. The molecule has 0 amide bonds. The molecule has 0 aliphatic carbocycles. The molecule has 0 bridgehead atoms. The Hall–Kier alpha value is -3.09. The second-order valence-corrected chi connectivity index (χ2v) is 11.3. The number of carbonyl (C=O) groups is 1. The van der Waals surface area contributed by atoms with E-state index in [1.807, 2.05) is 55.5 Å². The van der Waals surface area contributed by atoms with Crippen molar-refractivity contribution >= 4 is 23.3 Å². The van der Waals surface area contributed by atoms with E-state index in [1.165, 1.54) is 32.2 Å². The van der Waals surface area contributed by atoms with Crippen LogP contribution in [0.15, 0.2) is 76.6 Å². The summed E-state index contributed by atoms with van der Waals surface area (Å²) in [5.41, 5.74) is 4.03. The first kappa shape index (κ1) is 34.1. The van der Waals surface area contributed by atoms with E-state index in [0.29, 0.717) is 30.2 Å². The van der Waals surface area contributed by atoms with Gasteiger partial charge in [-0.2, -0.15) is 0 Å². The lowest BCUT2D eigenvalue weighted by Gasteiger charge is -2.13. The van der Waals surface area contributed by atoms with Crippen molar-refractivity contribution in [3.63, 3.8) is 0 Å². The summed E-state index contributed by atoms with van der Waals surface area (Å²) >= 11 is 1.58. The Morgan fingerprint density at radius 1 is 1.17 bits per heavy atom. The lowest BCUT2D eigenvalue weighted by Crippen LogP contribution is -2.16. The fourth-order valence-corrected chi connectivity index (χ4v) is 5.24. The predicted octanol–water partition coefficient (Wildman–Crippen LogP) is 8.96. The SMILES string of the molecule is C=C/C(=C\C(=C/C)COc1ccc(C(C)=O)c2c1CCO2)Sc1ccccc1C(C)=N.CCCC.C[C@H]1CCCN1. The second-order valence-electron chi connectivity index (χ2n) is 10.2. The van der Waals surface area contributed by atoms with E-state index in [2.05, 4.69) is 32.7 Å². The molecule has 5 nitrogen and oxygen atoms in total. The van der Waals surface area contributed by atoms with Crippen LogP contribution in [0.4, 0.5) is 0 Å². The van der Waals surface area contributed by atoms with Gasteiger partial charge in [-0.1, -0.05) is 75.4 Å². The number of ketones is 1. The number of unbranched alkanes of at least 4 members (excludes halogenated alkanes) is 1. The van der Waals surface area contributed by atoms with Crippen LogP contribution in [0.25, 0.3) is 0 Å². The van der Waals surface area contributed by atoms with E-state index >= 15 is 0 Å². The summed E-state index contributed by atoms with van der Waals surface area (Å²) in [6, 6.07) is 12.3. The fourth-order valence-electron chi connectivity index (χ4n) is 4.21. The number of allylic oxidation sites excluding steroid dienone is 2. The molecule has 2 N–H and O–H groups in total. The van der Waals surface area contributed by atoms with Gasteiger partial charge in [-0.3, -0.25) is 4.79 Å². The number of carbonyl (C=O) groups excluding carboxylic acids is 1. The number of hydrogen-bond acceptors (Lipinski definition) is 6. The van der Waals surface area contributed by atoms with Crippen LogP contribution in [0.2, 0.25) is 0 Å². The average Bonchev–Trinajstić information content (AvgIpc) is 3.67. The highest BCUT2D eigenvalue weighted by Crippen LogP contribution is 2.37. The zero-order chi connectivity index (χ0) is 30.2. The van der Waals surface area contributed by atoms with Crippen molar-refractivity contribution in [1.29, 1.82) is 5.41 Å². The van der Waals surface area contributed by atoms with E-state index < -0.39 is 0 Å². The third kappa shape index (κ3) is 11.0. The zero-order valence-electron chi connectivity index (χ0n) is 25.8. The normalized spacial score (nSPS) is 15.9. The Labute approximate surface area is 252 Å². The van der Waals surface area contributed by atoms with Gasteiger partial charge in [0, 0.05) is 39.1 Å². The van der Waals surface area contributed by atoms with Crippen LogP contribution >= 0.6 is 11.8 Å². The number of fused-ring (bicyclic) bond motifs is 1. The molecular formula is C35H48N2O3S. The third-order valence-corrected chi connectivity index (χ3v) is 7.91. The van der Waals surface area contributed by atoms with E-state index in [-0.39, 0.29) is 5.78 Å². The molecule has 41 heavy (non-hydrogen) atoms. The first-order valence-corrected chi connectivity index (χ1v) is 15.5. The molecule has 0 unspecified atom stereocenters. The molecule has 0 saturated carbocycles. The highest BCUT2D eigenvalue weighted by molar-refractivity contribution is 8.03. The summed E-state index contributed by atoms with van der Waals surface area (Å²) in [6.45, 7) is 18.1. The summed E-state index contributed by atoms with van der Waals surface area (Å²) in [4.78, 5) is 13.8. The molecule has 0 aromatic heterocycles. The van der Waals surface area contributed by atoms with Gasteiger partial charge < -0.3 is 20.2 Å². The Kier molecular flexibility index (Phi) is 15.3. The monoisotopic (exact) mass is 576 g/mol. The third-order valence-electron chi connectivity index (χ3n) is 6.81. The van der Waals surface area contributed by atoms with Gasteiger partial charge in [0.2, 0.25) is 0 Å². The molecule has 1 fully saturated rings. The van der Waals surface area contributed by atoms with Gasteiger partial charge in [0.1, 0.15) is 18.1 Å². The van der Waals surface area contributed by atoms with Crippen molar-refractivity contribution in [3.8, 4) is 11.5 Å². The maximum absolute atomic E-state index is 11.8. The van der Waals surface area contributed by atoms with Gasteiger partial charge in [0.25, 0.3) is 0 Å². The molecule has 2 aromatic carbocycles. The molecule has 2 heterocycles. The van der Waals surface area contributed by atoms with Gasteiger partial charge in [0.15, 0.2) is 5.78 Å². The molecule has 222 valence electrons. The van der Waals surface area contributed by atoms with Crippen LogP contribution < -0.4 is 14.8 Å². The quantitative estimate of drug-likeness (QED) is 0.128. The van der Waals surface area contributed by atoms with Gasteiger partial charge in [-0.25, -0.2) is 0 Å². The summed E-state index contributed by atoms with van der Waals surface area (Å²) < 4.78 is 11.8. The van der Waals surface area contributed by atoms with Crippen LogP contribution in [0.5, 0.6) is 11.5 Å². The Bertz CT molecular complexity index is 1220. The smallest absolute Gasteiger partial charge is 0.163 e. The van der Waals surface area contributed by atoms with Crippen molar-refractivity contribution in [2.75, 3.05) is 19.8 Å². The van der Waals surface area contributed by atoms with Crippen molar-refractivity contribution in [2.24, 2.45) is 0 Å². The number of benzene rings is 2. The van der Waals surface area contributed by atoms with Gasteiger partial charge in [-0.05, 0) is 76.9 Å². The zero-order valence-corrected chi connectivity index (χ0v) is 26.6. The highest BCUT2D eigenvalue weighted by atomic mass is 32.2. The van der Waals surface area contributed by atoms with E-state index in [4.69, 9.17) is 14.9 Å². The van der Waals surface area contributed by atoms with E-state index in [9.17, 15) is 4.79 Å². The molecule has 2 aliphatic heterocycles. The molecular weight excluding hydrogens is 528 g/mol. The maximum Gasteiger partial charge on any atom is 0.163 e. The maximum atomic E-state index is 11.8. The number of nitrogens with one attached hydrogen (secondary N) is 2. The first-order valence-electron chi connectivity index (χ1n) is 14.7. The molecule has 0 radical (unpaired) electrons. The van der Waals surface area contributed by atoms with Crippen molar-refractivity contribution in [1.82, 2.24) is 5.32 Å². The first-order chi connectivity index (χ1) is 19.7. The fraction of sp³-hybridized carbons (Fsp3) is 0.429. The molecule has 2 aliphatic rings. The van der Waals surface area contributed by atoms with Gasteiger partial charge in [0.05, 0.1) is 12.2 Å². The molecule has 2 aromatic rings. The van der Waals surface area contributed by atoms with E-state index in [0.717, 1.165) is 44.7 Å². The lowest BCUT2D eigenvalue weighted by molar-refractivity contribution is 0.101.